The van der Waals surface area contributed by atoms with Crippen molar-refractivity contribution in [3.8, 4) is 17.2 Å². The van der Waals surface area contributed by atoms with Gasteiger partial charge in [0, 0.05) is 12.1 Å². The molecule has 0 saturated heterocycles. The van der Waals surface area contributed by atoms with E-state index in [4.69, 9.17) is 15.2 Å². The average molecular weight is 275 g/mol. The van der Waals surface area contributed by atoms with Gasteiger partial charge in [0.2, 0.25) is 0 Å². The zero-order chi connectivity index (χ0) is 14.5. The van der Waals surface area contributed by atoms with E-state index in [0.717, 1.165) is 17.7 Å². The van der Waals surface area contributed by atoms with Gasteiger partial charge in [0.15, 0.2) is 17.3 Å². The molecular weight excluding hydrogens is 257 g/mol. The number of halogens is 1. The van der Waals surface area contributed by atoms with Gasteiger partial charge in [-0.1, -0.05) is 25.1 Å². The summed E-state index contributed by atoms with van der Waals surface area (Å²) in [5, 5.41) is 0. The molecule has 0 atom stereocenters. The third kappa shape index (κ3) is 3.02. The molecule has 0 aliphatic carbocycles. The van der Waals surface area contributed by atoms with Gasteiger partial charge in [-0.25, -0.2) is 4.39 Å². The minimum absolute atomic E-state index is 0.144. The van der Waals surface area contributed by atoms with Gasteiger partial charge in [-0.2, -0.15) is 0 Å². The third-order valence-corrected chi connectivity index (χ3v) is 2.94. The van der Waals surface area contributed by atoms with Crippen molar-refractivity contribution in [2.75, 3.05) is 12.3 Å². The maximum atomic E-state index is 13.6. The van der Waals surface area contributed by atoms with Crippen LogP contribution in [0.15, 0.2) is 36.4 Å². The number of hydrogen-bond acceptors (Lipinski definition) is 3. The normalized spacial score (nSPS) is 10.3. The van der Waals surface area contributed by atoms with Crippen LogP contribution in [0.4, 0.5) is 10.1 Å². The van der Waals surface area contributed by atoms with E-state index in [1.807, 2.05) is 31.2 Å². The maximum Gasteiger partial charge on any atom is 0.167 e. The molecule has 0 amide bonds. The molecule has 2 aromatic carbocycles. The Morgan fingerprint density at radius 2 is 1.80 bits per heavy atom. The summed E-state index contributed by atoms with van der Waals surface area (Å²) < 4.78 is 24.7. The van der Waals surface area contributed by atoms with Crippen LogP contribution < -0.4 is 15.2 Å². The van der Waals surface area contributed by atoms with E-state index in [1.165, 1.54) is 12.1 Å². The van der Waals surface area contributed by atoms with Gasteiger partial charge in [-0.15, -0.1) is 0 Å². The standard InChI is InChI=1S/C16H18FNO2/c1-3-11-7-5-6-8-14(11)20-16-10-15(19-4-2)12(17)9-13(16)18/h5-10H,3-4,18H2,1-2H3. The molecule has 0 spiro atoms. The summed E-state index contributed by atoms with van der Waals surface area (Å²) >= 11 is 0. The Bertz CT molecular complexity index is 599. The molecule has 0 unspecified atom stereocenters. The van der Waals surface area contributed by atoms with Gasteiger partial charge in [0.25, 0.3) is 0 Å². The highest BCUT2D eigenvalue weighted by Gasteiger charge is 2.12. The SMILES string of the molecule is CCOc1cc(Oc2ccccc2CC)c(N)cc1F. The third-order valence-electron chi connectivity index (χ3n) is 2.94. The molecule has 0 aromatic heterocycles. The summed E-state index contributed by atoms with van der Waals surface area (Å²) in [6.07, 6.45) is 0.843. The summed E-state index contributed by atoms with van der Waals surface area (Å²) in [5.74, 6) is 0.776. The van der Waals surface area contributed by atoms with E-state index < -0.39 is 5.82 Å². The molecule has 2 aromatic rings. The van der Waals surface area contributed by atoms with Crippen LogP contribution in [0.3, 0.4) is 0 Å². The van der Waals surface area contributed by atoms with Crippen molar-refractivity contribution in [1.29, 1.82) is 0 Å². The molecule has 3 nitrogen and oxygen atoms in total. The minimum Gasteiger partial charge on any atom is -0.491 e. The quantitative estimate of drug-likeness (QED) is 0.833. The second-order valence-electron chi connectivity index (χ2n) is 4.32. The predicted octanol–water partition coefficient (Wildman–Crippen LogP) is 4.16. The number of anilines is 1. The number of benzene rings is 2. The molecule has 106 valence electrons. The van der Waals surface area contributed by atoms with E-state index in [0.29, 0.717) is 12.4 Å². The lowest BCUT2D eigenvalue weighted by atomic mass is 10.1. The molecule has 0 heterocycles. The molecule has 20 heavy (non-hydrogen) atoms. The Morgan fingerprint density at radius 1 is 1.05 bits per heavy atom. The Balaban J connectivity index is 2.35. The number of nitrogen functional groups attached to an aromatic ring is 1. The summed E-state index contributed by atoms with van der Waals surface area (Å²) in [4.78, 5) is 0. The van der Waals surface area contributed by atoms with Crippen molar-refractivity contribution < 1.29 is 13.9 Å². The van der Waals surface area contributed by atoms with Gasteiger partial charge >= 0.3 is 0 Å². The zero-order valence-electron chi connectivity index (χ0n) is 11.7. The second kappa shape index (κ2) is 6.28. The van der Waals surface area contributed by atoms with Gasteiger partial charge in [0.1, 0.15) is 5.75 Å². The lowest BCUT2D eigenvalue weighted by molar-refractivity contribution is 0.319. The number of hydrogen-bond donors (Lipinski definition) is 1. The minimum atomic E-state index is -0.486. The molecule has 0 radical (unpaired) electrons. The molecule has 0 fully saturated rings. The van der Waals surface area contributed by atoms with E-state index in [9.17, 15) is 4.39 Å². The van der Waals surface area contributed by atoms with Gasteiger partial charge in [0.05, 0.1) is 12.3 Å². The summed E-state index contributed by atoms with van der Waals surface area (Å²) in [6.45, 7) is 4.22. The van der Waals surface area contributed by atoms with Crippen LogP contribution in [-0.2, 0) is 6.42 Å². The monoisotopic (exact) mass is 275 g/mol. The second-order valence-corrected chi connectivity index (χ2v) is 4.32. The first kappa shape index (κ1) is 14.2. The van der Waals surface area contributed by atoms with Gasteiger partial charge < -0.3 is 15.2 Å². The highest BCUT2D eigenvalue weighted by atomic mass is 19.1. The number of aryl methyl sites for hydroxylation is 1. The van der Waals surface area contributed by atoms with Crippen LogP contribution in [0.5, 0.6) is 17.2 Å². The number of rotatable bonds is 5. The fourth-order valence-electron chi connectivity index (χ4n) is 1.92. The summed E-state index contributed by atoms with van der Waals surface area (Å²) in [7, 11) is 0. The Kier molecular flexibility index (Phi) is 4.45. The van der Waals surface area contributed by atoms with Crippen molar-refractivity contribution in [2.24, 2.45) is 0 Å². The highest BCUT2D eigenvalue weighted by molar-refractivity contribution is 5.58. The Hall–Kier alpha value is -2.23. The molecule has 0 bridgehead atoms. The molecule has 0 aliphatic rings. The Labute approximate surface area is 118 Å². The van der Waals surface area contributed by atoms with Crippen LogP contribution >= 0.6 is 0 Å². The molecule has 2 N–H and O–H groups in total. The highest BCUT2D eigenvalue weighted by Crippen LogP contribution is 2.34. The van der Waals surface area contributed by atoms with Crippen LogP contribution in [0.25, 0.3) is 0 Å². The lowest BCUT2D eigenvalue weighted by Gasteiger charge is -2.13. The topological polar surface area (TPSA) is 44.5 Å². The van der Waals surface area contributed by atoms with Crippen molar-refractivity contribution in [2.45, 2.75) is 20.3 Å². The number of para-hydroxylation sites is 1. The van der Waals surface area contributed by atoms with Crippen molar-refractivity contribution in [3.63, 3.8) is 0 Å². The van der Waals surface area contributed by atoms with Crippen LogP contribution in [0.2, 0.25) is 0 Å². The fourth-order valence-corrected chi connectivity index (χ4v) is 1.92. The van der Waals surface area contributed by atoms with Crippen LogP contribution in [0, 0.1) is 5.82 Å². The maximum absolute atomic E-state index is 13.6. The first-order valence-electron chi connectivity index (χ1n) is 6.63. The van der Waals surface area contributed by atoms with E-state index in [2.05, 4.69) is 0 Å². The predicted molar refractivity (Wildman–Crippen MR) is 77.9 cm³/mol. The first-order valence-corrected chi connectivity index (χ1v) is 6.63. The molecule has 0 saturated carbocycles. The van der Waals surface area contributed by atoms with Crippen LogP contribution in [0.1, 0.15) is 19.4 Å². The number of ether oxygens (including phenoxy) is 2. The fraction of sp³-hybridized carbons (Fsp3) is 0.250. The number of nitrogens with two attached hydrogens (primary N) is 1. The largest absolute Gasteiger partial charge is 0.491 e. The van der Waals surface area contributed by atoms with Gasteiger partial charge in [-0.05, 0) is 25.0 Å². The molecule has 4 heteroatoms. The first-order chi connectivity index (χ1) is 9.65. The molecule has 2 rings (SSSR count). The van der Waals surface area contributed by atoms with Crippen LogP contribution in [-0.4, -0.2) is 6.61 Å². The van der Waals surface area contributed by atoms with Crippen molar-refractivity contribution in [1.82, 2.24) is 0 Å². The summed E-state index contributed by atoms with van der Waals surface area (Å²) in [5.41, 5.74) is 7.12. The van der Waals surface area contributed by atoms with E-state index >= 15 is 0 Å². The van der Waals surface area contributed by atoms with Gasteiger partial charge in [-0.3, -0.25) is 0 Å². The smallest absolute Gasteiger partial charge is 0.167 e. The summed E-state index contributed by atoms with van der Waals surface area (Å²) in [6, 6.07) is 10.4. The average Bonchev–Trinajstić information content (AvgIpc) is 2.45. The molecule has 0 aliphatic heterocycles. The van der Waals surface area contributed by atoms with E-state index in [1.54, 1.807) is 6.92 Å². The zero-order valence-corrected chi connectivity index (χ0v) is 11.7. The molecular formula is C16H18FNO2. The van der Waals surface area contributed by atoms with Crippen molar-refractivity contribution in [3.05, 3.63) is 47.8 Å². The Morgan fingerprint density at radius 3 is 2.50 bits per heavy atom. The van der Waals surface area contributed by atoms with Crippen molar-refractivity contribution >= 4 is 5.69 Å². The van der Waals surface area contributed by atoms with E-state index in [-0.39, 0.29) is 11.4 Å². The lowest BCUT2D eigenvalue weighted by Crippen LogP contribution is -1.99.